The van der Waals surface area contributed by atoms with Gasteiger partial charge in [-0.05, 0) is 37.5 Å². The number of amides is 1. The molecule has 1 saturated heterocycles. The van der Waals surface area contributed by atoms with Gasteiger partial charge >= 0.3 is 0 Å². The van der Waals surface area contributed by atoms with Crippen LogP contribution < -0.4 is 16.0 Å². The van der Waals surface area contributed by atoms with Crippen LogP contribution in [0.5, 0.6) is 0 Å². The molecule has 0 bridgehead atoms. The Morgan fingerprint density at radius 3 is 2.54 bits per heavy atom. The number of likely N-dealkylation sites (N-methyl/N-ethyl adjacent to an activating group) is 1. The monoisotopic (exact) mass is 507 g/mol. The minimum absolute atomic E-state index is 0. The highest BCUT2D eigenvalue weighted by Crippen LogP contribution is 2.14. The van der Waals surface area contributed by atoms with Crippen molar-refractivity contribution >= 4 is 35.8 Å². The zero-order valence-electron chi connectivity index (χ0n) is 16.4. The van der Waals surface area contributed by atoms with E-state index in [0.29, 0.717) is 24.6 Å². The van der Waals surface area contributed by atoms with Crippen LogP contribution in [0.3, 0.4) is 0 Å². The quantitative estimate of drug-likeness (QED) is 0.254. The Bertz CT molecular complexity index is 621. The number of hydrogen-bond donors (Lipinski definition) is 4. The number of carbonyl (C=O) groups is 1. The molecule has 7 nitrogen and oxygen atoms in total. The van der Waals surface area contributed by atoms with Crippen LogP contribution in [0.2, 0.25) is 0 Å². The predicted octanol–water partition coefficient (Wildman–Crippen LogP) is 1.24. The van der Waals surface area contributed by atoms with Crippen LogP contribution in [0.15, 0.2) is 29.3 Å². The molecule has 0 aromatic heterocycles. The molecule has 158 valence electrons. The first kappa shape index (κ1) is 24.6. The van der Waals surface area contributed by atoms with Crippen molar-refractivity contribution in [3.63, 3.8) is 0 Å². The molecule has 1 aliphatic heterocycles. The normalized spacial score (nSPS) is 16.8. The maximum atomic E-state index is 13.0. The van der Waals surface area contributed by atoms with Gasteiger partial charge < -0.3 is 21.1 Å². The number of hydrogen-bond acceptors (Lipinski definition) is 4. The first-order chi connectivity index (χ1) is 13.0. The number of aliphatic hydroxyl groups is 1. The van der Waals surface area contributed by atoms with Crippen molar-refractivity contribution in [2.75, 3.05) is 39.8 Å². The molecule has 1 atom stereocenters. The summed E-state index contributed by atoms with van der Waals surface area (Å²) in [6, 6.07) is 6.07. The Morgan fingerprint density at radius 2 is 1.96 bits per heavy atom. The molecule has 1 amide bonds. The average molecular weight is 507 g/mol. The smallest absolute Gasteiger partial charge is 0.233 e. The van der Waals surface area contributed by atoms with Crippen molar-refractivity contribution in [2.45, 2.75) is 31.9 Å². The van der Waals surface area contributed by atoms with E-state index in [1.165, 1.54) is 12.1 Å². The van der Waals surface area contributed by atoms with E-state index in [9.17, 15) is 14.3 Å². The number of carbonyl (C=O) groups excluding carboxylic acids is 1. The van der Waals surface area contributed by atoms with E-state index in [-0.39, 0.29) is 48.3 Å². The molecule has 0 radical (unpaired) electrons. The van der Waals surface area contributed by atoms with Crippen molar-refractivity contribution in [3.8, 4) is 0 Å². The highest BCUT2D eigenvalue weighted by atomic mass is 127. The second-order valence-electron chi connectivity index (χ2n) is 6.65. The summed E-state index contributed by atoms with van der Waals surface area (Å²) in [5, 5.41) is 19.5. The Labute approximate surface area is 183 Å². The van der Waals surface area contributed by atoms with Gasteiger partial charge in [0.1, 0.15) is 5.82 Å². The lowest BCUT2D eigenvalue weighted by molar-refractivity contribution is -0.122. The minimum atomic E-state index is -0.782. The SMILES string of the molecule is CCNC(=NCC(O)c1ccc(F)cc1)NC1CCN(CC(=O)NC)CC1.I. The largest absolute Gasteiger partial charge is 0.386 e. The van der Waals surface area contributed by atoms with Gasteiger partial charge in [-0.15, -0.1) is 24.0 Å². The summed E-state index contributed by atoms with van der Waals surface area (Å²) in [6.07, 6.45) is 1.06. The predicted molar refractivity (Wildman–Crippen MR) is 119 cm³/mol. The number of aliphatic hydroxyl groups excluding tert-OH is 1. The van der Waals surface area contributed by atoms with Gasteiger partial charge in [-0.1, -0.05) is 12.1 Å². The maximum absolute atomic E-state index is 13.0. The van der Waals surface area contributed by atoms with Crippen molar-refractivity contribution in [3.05, 3.63) is 35.6 Å². The molecule has 28 heavy (non-hydrogen) atoms. The van der Waals surface area contributed by atoms with Gasteiger partial charge in [0.2, 0.25) is 5.91 Å². The zero-order valence-corrected chi connectivity index (χ0v) is 18.8. The van der Waals surface area contributed by atoms with Gasteiger partial charge in [-0.2, -0.15) is 0 Å². The van der Waals surface area contributed by atoms with Crippen LogP contribution >= 0.6 is 24.0 Å². The molecule has 4 N–H and O–H groups in total. The first-order valence-electron chi connectivity index (χ1n) is 9.43. The molecule has 1 heterocycles. The molecule has 0 aliphatic carbocycles. The lowest BCUT2D eigenvalue weighted by Crippen LogP contribution is -2.50. The van der Waals surface area contributed by atoms with Crippen LogP contribution in [-0.2, 0) is 4.79 Å². The second kappa shape index (κ2) is 12.9. The summed E-state index contributed by atoms with van der Waals surface area (Å²) in [7, 11) is 1.65. The van der Waals surface area contributed by atoms with Gasteiger partial charge in [0.15, 0.2) is 5.96 Å². The number of benzene rings is 1. The molecule has 0 saturated carbocycles. The number of halogens is 2. The van der Waals surface area contributed by atoms with Crippen LogP contribution in [0.4, 0.5) is 4.39 Å². The number of aliphatic imine (C=N–C) groups is 1. The molecule has 1 aromatic rings. The topological polar surface area (TPSA) is 89.0 Å². The van der Waals surface area contributed by atoms with Gasteiger partial charge in [0.25, 0.3) is 0 Å². The Kier molecular flexibility index (Phi) is 11.3. The number of nitrogens with zero attached hydrogens (tertiary/aromatic N) is 2. The van der Waals surface area contributed by atoms with Gasteiger partial charge in [-0.25, -0.2) is 4.39 Å². The maximum Gasteiger partial charge on any atom is 0.233 e. The summed E-state index contributed by atoms with van der Waals surface area (Å²) >= 11 is 0. The molecule has 1 unspecified atom stereocenters. The van der Waals surface area contributed by atoms with E-state index < -0.39 is 6.10 Å². The fraction of sp³-hybridized carbons (Fsp3) is 0.579. The highest BCUT2D eigenvalue weighted by Gasteiger charge is 2.21. The lowest BCUT2D eigenvalue weighted by atomic mass is 10.1. The van der Waals surface area contributed by atoms with E-state index in [1.807, 2.05) is 6.92 Å². The molecule has 1 aromatic carbocycles. The first-order valence-corrected chi connectivity index (χ1v) is 9.43. The highest BCUT2D eigenvalue weighted by molar-refractivity contribution is 14.0. The van der Waals surface area contributed by atoms with Crippen LogP contribution in [0.25, 0.3) is 0 Å². The summed E-state index contributed by atoms with van der Waals surface area (Å²) in [5.41, 5.74) is 0.638. The number of rotatable bonds is 7. The number of piperidine rings is 1. The van der Waals surface area contributed by atoms with Crippen LogP contribution in [0, 0.1) is 5.82 Å². The minimum Gasteiger partial charge on any atom is -0.386 e. The van der Waals surface area contributed by atoms with Gasteiger partial charge in [-0.3, -0.25) is 14.7 Å². The van der Waals surface area contributed by atoms with Crippen molar-refractivity contribution < 1.29 is 14.3 Å². The summed E-state index contributed by atoms with van der Waals surface area (Å²) in [4.78, 5) is 18.1. The second-order valence-corrected chi connectivity index (χ2v) is 6.65. The molecule has 0 spiro atoms. The van der Waals surface area contributed by atoms with Crippen molar-refractivity contribution in [1.29, 1.82) is 0 Å². The molecular formula is C19H31FIN5O2. The van der Waals surface area contributed by atoms with E-state index in [2.05, 4.69) is 25.8 Å². The van der Waals surface area contributed by atoms with E-state index in [4.69, 9.17) is 0 Å². The lowest BCUT2D eigenvalue weighted by Gasteiger charge is -2.32. The average Bonchev–Trinajstić information content (AvgIpc) is 2.68. The molecule has 2 rings (SSSR count). The number of nitrogens with one attached hydrogen (secondary N) is 3. The number of guanidine groups is 1. The molecule has 1 aliphatic rings. The van der Waals surface area contributed by atoms with Gasteiger partial charge in [0, 0.05) is 32.7 Å². The Hall–Kier alpha value is -1.46. The van der Waals surface area contributed by atoms with E-state index >= 15 is 0 Å². The van der Waals surface area contributed by atoms with Crippen molar-refractivity contribution in [1.82, 2.24) is 20.9 Å². The van der Waals surface area contributed by atoms with Gasteiger partial charge in [0.05, 0.1) is 19.2 Å². The Balaban J connectivity index is 0.00000392. The number of likely N-dealkylation sites (tertiary alicyclic amines) is 1. The molecule has 1 fully saturated rings. The third-order valence-electron chi connectivity index (χ3n) is 4.60. The molecular weight excluding hydrogens is 476 g/mol. The van der Waals surface area contributed by atoms with E-state index in [1.54, 1.807) is 19.2 Å². The van der Waals surface area contributed by atoms with Crippen LogP contribution in [0.1, 0.15) is 31.4 Å². The molecule has 9 heteroatoms. The third kappa shape index (κ3) is 8.27. The third-order valence-corrected chi connectivity index (χ3v) is 4.60. The summed E-state index contributed by atoms with van der Waals surface area (Å²) < 4.78 is 13.0. The van der Waals surface area contributed by atoms with Crippen LogP contribution in [-0.4, -0.2) is 67.7 Å². The zero-order chi connectivity index (χ0) is 19.6. The van der Waals surface area contributed by atoms with E-state index in [0.717, 1.165) is 25.9 Å². The fourth-order valence-corrected chi connectivity index (χ4v) is 3.00. The standard InChI is InChI=1S/C19H30FN5O2.HI/c1-3-22-19(23-12-17(26)14-4-6-15(20)7-5-14)24-16-8-10-25(11-9-16)13-18(27)21-2;/h4-7,16-17,26H,3,8-13H2,1-2H3,(H,21,27)(H2,22,23,24);1H. The summed E-state index contributed by atoms with van der Waals surface area (Å²) in [6.45, 7) is 5.02. The fourth-order valence-electron chi connectivity index (χ4n) is 3.00. The van der Waals surface area contributed by atoms with Crippen molar-refractivity contribution in [2.24, 2.45) is 4.99 Å². The Morgan fingerprint density at radius 1 is 1.32 bits per heavy atom. The summed E-state index contributed by atoms with van der Waals surface area (Å²) in [5.74, 6) is 0.363.